The highest BCUT2D eigenvalue weighted by Gasteiger charge is 2.39. The van der Waals surface area contributed by atoms with Gasteiger partial charge in [0.15, 0.2) is 4.90 Å². The first kappa shape index (κ1) is 30.1. The van der Waals surface area contributed by atoms with Crippen LogP contribution in [0.1, 0.15) is 36.5 Å². The van der Waals surface area contributed by atoms with Crippen LogP contribution in [-0.4, -0.2) is 43.7 Å². The monoisotopic (exact) mass is 614 g/mol. The van der Waals surface area contributed by atoms with E-state index in [9.17, 15) is 30.8 Å². The number of hydrogen-bond donors (Lipinski definition) is 1. The molecule has 0 radical (unpaired) electrons. The highest BCUT2D eigenvalue weighted by molar-refractivity contribution is 7.93. The Kier molecular flexibility index (Phi) is 8.78. The fourth-order valence-corrected chi connectivity index (χ4v) is 5.92. The second-order valence-corrected chi connectivity index (χ2v) is 11.1. The minimum Gasteiger partial charge on any atom is -0.486 e. The first-order chi connectivity index (χ1) is 19.3. The smallest absolute Gasteiger partial charge is 0.417 e. The van der Waals surface area contributed by atoms with Crippen molar-refractivity contribution in [3.8, 4) is 11.6 Å². The van der Waals surface area contributed by atoms with E-state index < -0.39 is 57.0 Å². The van der Waals surface area contributed by atoms with Gasteiger partial charge in [-0.3, -0.25) is 9.10 Å². The Morgan fingerprint density at radius 2 is 2.00 bits per heavy atom. The zero-order valence-electron chi connectivity index (χ0n) is 21.4. The number of aromatic nitrogens is 1. The molecule has 8 nitrogen and oxygen atoms in total. The summed E-state index contributed by atoms with van der Waals surface area (Å²) in [6.45, 7) is 1.04. The molecule has 14 heteroatoms. The van der Waals surface area contributed by atoms with Crippen molar-refractivity contribution in [2.75, 3.05) is 17.5 Å². The number of fused-ring (bicyclic) bond motifs is 1. The summed E-state index contributed by atoms with van der Waals surface area (Å²) in [5.74, 6) is -2.20. The molecular formula is C27H23ClF4N2O6S. The zero-order chi connectivity index (χ0) is 29.9. The number of aliphatic carboxylic acids is 1. The second kappa shape index (κ2) is 12.0. The lowest BCUT2D eigenvalue weighted by Crippen LogP contribution is -2.44. The van der Waals surface area contributed by atoms with E-state index in [4.69, 9.17) is 26.2 Å². The van der Waals surface area contributed by atoms with Crippen molar-refractivity contribution in [1.29, 1.82) is 0 Å². The summed E-state index contributed by atoms with van der Waals surface area (Å²) in [5, 5.41) is 9.26. The largest absolute Gasteiger partial charge is 0.486 e. The van der Waals surface area contributed by atoms with Crippen molar-refractivity contribution in [2.45, 2.75) is 36.9 Å². The molecule has 1 aliphatic heterocycles. The fourth-order valence-electron chi connectivity index (χ4n) is 4.08. The number of carbonyl (C=O) groups is 1. The number of halogens is 5. The Balaban J connectivity index is 1.83. The standard InChI is InChI=1S/C27H23ClF4N2O6S/c1-2-39-26-24(13-17(14-33-26)27(30,31)32)41(37,38)34-15-18(8-11-25(35)36)40-23-10-7-16(12-22(23)34)6-9-19-20(28)4-3-5-21(19)29/h3-7,9-10,12-14,18H,2,8,11,15H2,1H3,(H,35,36)/b9-6+/t18-/m0/s1. The maximum Gasteiger partial charge on any atom is 0.417 e. The third-order valence-corrected chi connectivity index (χ3v) is 8.14. The van der Waals surface area contributed by atoms with Crippen LogP contribution in [0.15, 0.2) is 53.6 Å². The first-order valence-corrected chi connectivity index (χ1v) is 14.0. The van der Waals surface area contributed by atoms with Gasteiger partial charge in [0, 0.05) is 18.2 Å². The first-order valence-electron chi connectivity index (χ1n) is 12.2. The third-order valence-electron chi connectivity index (χ3n) is 6.03. The maximum absolute atomic E-state index is 14.2. The van der Waals surface area contributed by atoms with Crippen molar-refractivity contribution >= 4 is 45.4 Å². The average molecular weight is 615 g/mol. The lowest BCUT2D eigenvalue weighted by molar-refractivity contribution is -0.138. The number of carboxylic acids is 1. The van der Waals surface area contributed by atoms with Crippen molar-refractivity contribution < 1.29 is 45.4 Å². The quantitative estimate of drug-likeness (QED) is 0.223. The minimum atomic E-state index is -4.89. The highest BCUT2D eigenvalue weighted by Crippen LogP contribution is 2.41. The number of benzene rings is 2. The number of carboxylic acid groups (broad SMARTS) is 1. The van der Waals surface area contributed by atoms with Gasteiger partial charge >= 0.3 is 12.1 Å². The van der Waals surface area contributed by atoms with Crippen molar-refractivity contribution in [2.24, 2.45) is 0 Å². The van der Waals surface area contributed by atoms with Gasteiger partial charge in [-0.15, -0.1) is 0 Å². The van der Waals surface area contributed by atoms with E-state index in [1.807, 2.05) is 0 Å². The molecule has 3 aromatic rings. The molecule has 1 aliphatic rings. The topological polar surface area (TPSA) is 106 Å². The molecule has 0 unspecified atom stereocenters. The highest BCUT2D eigenvalue weighted by atomic mass is 35.5. The van der Waals surface area contributed by atoms with Gasteiger partial charge in [-0.05, 0) is 55.3 Å². The van der Waals surface area contributed by atoms with Crippen LogP contribution in [0.3, 0.4) is 0 Å². The molecule has 1 atom stereocenters. The summed E-state index contributed by atoms with van der Waals surface area (Å²) < 4.78 is 94.7. The van der Waals surface area contributed by atoms with E-state index >= 15 is 0 Å². The number of ether oxygens (including phenoxy) is 2. The van der Waals surface area contributed by atoms with E-state index in [0.29, 0.717) is 17.8 Å². The number of sulfonamides is 1. The fraction of sp³-hybridized carbons (Fsp3) is 0.259. The summed E-state index contributed by atoms with van der Waals surface area (Å²) in [6.07, 6.45) is -2.89. The summed E-state index contributed by atoms with van der Waals surface area (Å²) in [4.78, 5) is 13.9. The van der Waals surface area contributed by atoms with Crippen LogP contribution in [0, 0.1) is 5.82 Å². The summed E-state index contributed by atoms with van der Waals surface area (Å²) >= 11 is 6.08. The van der Waals surface area contributed by atoms with Gasteiger partial charge in [-0.25, -0.2) is 17.8 Å². The third kappa shape index (κ3) is 6.73. The summed E-state index contributed by atoms with van der Waals surface area (Å²) in [7, 11) is -4.77. The summed E-state index contributed by atoms with van der Waals surface area (Å²) in [6, 6.07) is 8.97. The van der Waals surface area contributed by atoms with Crippen LogP contribution >= 0.6 is 11.6 Å². The Hall–Kier alpha value is -3.84. The van der Waals surface area contributed by atoms with Crippen LogP contribution < -0.4 is 13.8 Å². The van der Waals surface area contributed by atoms with Crippen molar-refractivity contribution in [3.63, 3.8) is 0 Å². The molecule has 0 bridgehead atoms. The normalized spacial score (nSPS) is 15.5. The molecular weight excluding hydrogens is 592 g/mol. The number of nitrogens with zero attached hydrogens (tertiary/aromatic N) is 2. The van der Waals surface area contributed by atoms with Gasteiger partial charge in [0.05, 0.1) is 29.4 Å². The second-order valence-electron chi connectivity index (χ2n) is 8.86. The maximum atomic E-state index is 14.2. The Bertz CT molecular complexity index is 1580. The van der Waals surface area contributed by atoms with Gasteiger partial charge in [-0.2, -0.15) is 13.2 Å². The van der Waals surface area contributed by atoms with E-state index in [-0.39, 0.29) is 41.5 Å². The predicted molar refractivity (Wildman–Crippen MR) is 143 cm³/mol. The predicted octanol–water partition coefficient (Wildman–Crippen LogP) is 6.28. The molecule has 0 amide bonds. The SMILES string of the molecule is CCOc1ncc(C(F)(F)F)cc1S(=O)(=O)N1C[C@H](CCC(=O)O)Oc2ccc(/C=C/c3c(F)cccc3Cl)cc21. The van der Waals surface area contributed by atoms with Crippen LogP contribution in [0.4, 0.5) is 23.2 Å². The van der Waals surface area contributed by atoms with Gasteiger partial charge in [-0.1, -0.05) is 29.8 Å². The van der Waals surface area contributed by atoms with Gasteiger partial charge in [0.25, 0.3) is 10.0 Å². The van der Waals surface area contributed by atoms with Crippen LogP contribution in [0.5, 0.6) is 11.6 Å². The number of hydrogen-bond acceptors (Lipinski definition) is 6. The Labute approximate surface area is 237 Å². The summed E-state index contributed by atoms with van der Waals surface area (Å²) in [5.41, 5.74) is -0.840. The number of anilines is 1. The van der Waals surface area contributed by atoms with Gasteiger partial charge in [0.2, 0.25) is 5.88 Å². The molecule has 2 heterocycles. The van der Waals surface area contributed by atoms with Gasteiger partial charge < -0.3 is 14.6 Å². The molecule has 2 aromatic carbocycles. The zero-order valence-corrected chi connectivity index (χ0v) is 22.9. The van der Waals surface area contributed by atoms with E-state index in [2.05, 4.69) is 4.98 Å². The molecule has 0 fully saturated rings. The molecule has 0 saturated heterocycles. The van der Waals surface area contributed by atoms with Crippen LogP contribution in [0.2, 0.25) is 5.02 Å². The molecule has 1 aromatic heterocycles. The van der Waals surface area contributed by atoms with Crippen molar-refractivity contribution in [3.05, 3.63) is 76.2 Å². The Morgan fingerprint density at radius 1 is 1.24 bits per heavy atom. The minimum absolute atomic E-state index is 0.0294. The van der Waals surface area contributed by atoms with E-state index in [1.54, 1.807) is 6.07 Å². The van der Waals surface area contributed by atoms with Crippen LogP contribution in [0.25, 0.3) is 12.2 Å². The molecule has 4 rings (SSSR count). The van der Waals surface area contributed by atoms with E-state index in [1.165, 1.54) is 49.4 Å². The molecule has 0 aliphatic carbocycles. The molecule has 0 spiro atoms. The van der Waals surface area contributed by atoms with E-state index in [0.717, 1.165) is 4.31 Å². The Morgan fingerprint density at radius 3 is 2.66 bits per heavy atom. The van der Waals surface area contributed by atoms with Crippen LogP contribution in [-0.2, 0) is 21.0 Å². The van der Waals surface area contributed by atoms with Crippen molar-refractivity contribution in [1.82, 2.24) is 4.98 Å². The molecule has 218 valence electrons. The number of alkyl halides is 3. The van der Waals surface area contributed by atoms with Gasteiger partial charge in [0.1, 0.15) is 17.7 Å². The molecule has 1 N–H and O–H groups in total. The number of pyridine rings is 1. The number of rotatable bonds is 9. The lowest BCUT2D eigenvalue weighted by atomic mass is 10.1. The lowest BCUT2D eigenvalue weighted by Gasteiger charge is -2.35. The average Bonchev–Trinajstić information content (AvgIpc) is 2.90. The molecule has 41 heavy (non-hydrogen) atoms. The molecule has 0 saturated carbocycles.